The second-order valence-corrected chi connectivity index (χ2v) is 4.68. The van der Waals surface area contributed by atoms with E-state index in [0.717, 1.165) is 0 Å². The van der Waals surface area contributed by atoms with E-state index in [9.17, 15) is 4.79 Å². The molecule has 0 fully saturated rings. The number of nitrogens with one attached hydrogen (secondary N) is 1. The standard InChI is InChI=1S/C11H19N3O2/c1-11(2,3)14-8-9(7-13-14)10(16)12-5-4-6-15/h7-8,15H,4-6H2,1-3H3,(H,12,16). The Balaban J connectivity index is 2.60. The molecule has 0 aliphatic heterocycles. The fraction of sp³-hybridized carbons (Fsp3) is 0.636. The van der Waals surface area contributed by atoms with E-state index in [0.29, 0.717) is 18.5 Å². The van der Waals surface area contributed by atoms with Crippen LogP contribution in [0.25, 0.3) is 0 Å². The highest BCUT2D eigenvalue weighted by Gasteiger charge is 2.16. The molecule has 0 aliphatic carbocycles. The van der Waals surface area contributed by atoms with Gasteiger partial charge in [0.2, 0.25) is 0 Å². The minimum absolute atomic E-state index is 0.0849. The fourth-order valence-corrected chi connectivity index (χ4v) is 1.19. The maximum atomic E-state index is 11.6. The Kier molecular flexibility index (Phi) is 4.06. The minimum atomic E-state index is -0.149. The average molecular weight is 225 g/mol. The zero-order chi connectivity index (χ0) is 12.2. The molecule has 1 amide bonds. The third kappa shape index (κ3) is 3.34. The van der Waals surface area contributed by atoms with Crippen LogP contribution in [-0.2, 0) is 5.54 Å². The van der Waals surface area contributed by atoms with Crippen LogP contribution in [0.5, 0.6) is 0 Å². The molecule has 5 nitrogen and oxygen atoms in total. The zero-order valence-electron chi connectivity index (χ0n) is 10.0. The first-order valence-electron chi connectivity index (χ1n) is 5.39. The number of aliphatic hydroxyl groups is 1. The number of amides is 1. The largest absolute Gasteiger partial charge is 0.396 e. The van der Waals surface area contributed by atoms with Crippen molar-refractivity contribution in [1.29, 1.82) is 0 Å². The van der Waals surface area contributed by atoms with E-state index >= 15 is 0 Å². The number of carbonyl (C=O) groups excluding carboxylic acids is 1. The van der Waals surface area contributed by atoms with Crippen molar-refractivity contribution in [2.24, 2.45) is 0 Å². The first-order valence-corrected chi connectivity index (χ1v) is 5.39. The van der Waals surface area contributed by atoms with Crippen molar-refractivity contribution in [3.05, 3.63) is 18.0 Å². The molecule has 0 unspecified atom stereocenters. The van der Waals surface area contributed by atoms with Gasteiger partial charge < -0.3 is 10.4 Å². The van der Waals surface area contributed by atoms with Crippen molar-refractivity contribution in [3.63, 3.8) is 0 Å². The molecule has 1 heterocycles. The van der Waals surface area contributed by atoms with Gasteiger partial charge in [0, 0.05) is 19.3 Å². The van der Waals surface area contributed by atoms with Gasteiger partial charge in [0.05, 0.1) is 17.3 Å². The lowest BCUT2D eigenvalue weighted by atomic mass is 10.1. The van der Waals surface area contributed by atoms with Gasteiger partial charge >= 0.3 is 0 Å². The maximum Gasteiger partial charge on any atom is 0.254 e. The highest BCUT2D eigenvalue weighted by molar-refractivity contribution is 5.93. The first kappa shape index (κ1) is 12.7. The molecule has 90 valence electrons. The van der Waals surface area contributed by atoms with Gasteiger partial charge in [0.1, 0.15) is 0 Å². The lowest BCUT2D eigenvalue weighted by molar-refractivity contribution is 0.0951. The number of nitrogens with zero attached hydrogens (tertiary/aromatic N) is 2. The number of carbonyl (C=O) groups is 1. The third-order valence-electron chi connectivity index (χ3n) is 2.15. The molecule has 0 spiro atoms. The van der Waals surface area contributed by atoms with Gasteiger partial charge in [-0.3, -0.25) is 9.48 Å². The monoisotopic (exact) mass is 225 g/mol. The van der Waals surface area contributed by atoms with Gasteiger partial charge in [-0.05, 0) is 27.2 Å². The Hall–Kier alpha value is -1.36. The number of hydrogen-bond donors (Lipinski definition) is 2. The second kappa shape index (κ2) is 5.12. The summed E-state index contributed by atoms with van der Waals surface area (Å²) in [6, 6.07) is 0. The van der Waals surface area contributed by atoms with Crippen LogP contribution < -0.4 is 5.32 Å². The van der Waals surface area contributed by atoms with E-state index in [1.54, 1.807) is 17.1 Å². The molecular formula is C11H19N3O2. The van der Waals surface area contributed by atoms with Gasteiger partial charge in [0.25, 0.3) is 5.91 Å². The Morgan fingerprint density at radius 3 is 2.75 bits per heavy atom. The van der Waals surface area contributed by atoms with Crippen molar-refractivity contribution < 1.29 is 9.90 Å². The van der Waals surface area contributed by atoms with E-state index in [2.05, 4.69) is 10.4 Å². The van der Waals surface area contributed by atoms with Crippen molar-refractivity contribution in [2.75, 3.05) is 13.2 Å². The average Bonchev–Trinajstić information content (AvgIpc) is 2.66. The third-order valence-corrected chi connectivity index (χ3v) is 2.15. The predicted octanol–water partition coefficient (Wildman–Crippen LogP) is 0.750. The SMILES string of the molecule is CC(C)(C)n1cc(C(=O)NCCCO)cn1. The van der Waals surface area contributed by atoms with E-state index in [1.807, 2.05) is 20.8 Å². The molecule has 0 bridgehead atoms. The quantitative estimate of drug-likeness (QED) is 0.743. The Morgan fingerprint density at radius 2 is 2.25 bits per heavy atom. The summed E-state index contributed by atoms with van der Waals surface area (Å²) in [6.45, 7) is 6.63. The van der Waals surface area contributed by atoms with E-state index in [-0.39, 0.29) is 18.1 Å². The summed E-state index contributed by atoms with van der Waals surface area (Å²) in [4.78, 5) is 11.6. The van der Waals surface area contributed by atoms with E-state index in [1.165, 1.54) is 0 Å². The van der Waals surface area contributed by atoms with Crippen LogP contribution in [0, 0.1) is 0 Å². The summed E-state index contributed by atoms with van der Waals surface area (Å²) >= 11 is 0. The van der Waals surface area contributed by atoms with Gasteiger partial charge in [-0.15, -0.1) is 0 Å². The van der Waals surface area contributed by atoms with Crippen molar-refractivity contribution >= 4 is 5.91 Å². The number of hydrogen-bond acceptors (Lipinski definition) is 3. The van der Waals surface area contributed by atoms with Crippen molar-refractivity contribution in [1.82, 2.24) is 15.1 Å². The van der Waals surface area contributed by atoms with Crippen LogP contribution in [0.2, 0.25) is 0 Å². The van der Waals surface area contributed by atoms with Crippen LogP contribution in [0.3, 0.4) is 0 Å². The summed E-state index contributed by atoms with van der Waals surface area (Å²) in [6.07, 6.45) is 3.85. The zero-order valence-corrected chi connectivity index (χ0v) is 10.0. The Morgan fingerprint density at radius 1 is 1.56 bits per heavy atom. The lowest BCUT2D eigenvalue weighted by Crippen LogP contribution is -2.25. The first-order chi connectivity index (χ1) is 7.45. The fourth-order valence-electron chi connectivity index (χ4n) is 1.19. The van der Waals surface area contributed by atoms with Crippen LogP contribution >= 0.6 is 0 Å². The number of aliphatic hydroxyl groups excluding tert-OH is 1. The summed E-state index contributed by atoms with van der Waals surface area (Å²) in [7, 11) is 0. The molecule has 0 saturated heterocycles. The van der Waals surface area contributed by atoms with Crippen molar-refractivity contribution in [3.8, 4) is 0 Å². The van der Waals surface area contributed by atoms with E-state index in [4.69, 9.17) is 5.11 Å². The van der Waals surface area contributed by atoms with Crippen LogP contribution in [-0.4, -0.2) is 33.9 Å². The molecule has 1 aromatic rings. The molecule has 16 heavy (non-hydrogen) atoms. The smallest absolute Gasteiger partial charge is 0.254 e. The topological polar surface area (TPSA) is 67.2 Å². The summed E-state index contributed by atoms with van der Waals surface area (Å²) in [5, 5.41) is 15.4. The molecule has 1 rings (SSSR count). The lowest BCUT2D eigenvalue weighted by Gasteiger charge is -2.18. The summed E-state index contributed by atoms with van der Waals surface area (Å²) in [5.41, 5.74) is 0.428. The molecule has 0 aromatic carbocycles. The summed E-state index contributed by atoms with van der Waals surface area (Å²) in [5.74, 6) is -0.149. The highest BCUT2D eigenvalue weighted by atomic mass is 16.3. The van der Waals surface area contributed by atoms with Gasteiger partial charge in [-0.1, -0.05) is 0 Å². The van der Waals surface area contributed by atoms with Crippen LogP contribution in [0.4, 0.5) is 0 Å². The van der Waals surface area contributed by atoms with Gasteiger partial charge in [0.15, 0.2) is 0 Å². The minimum Gasteiger partial charge on any atom is -0.396 e. The molecule has 0 atom stereocenters. The molecular weight excluding hydrogens is 206 g/mol. The van der Waals surface area contributed by atoms with Crippen molar-refractivity contribution in [2.45, 2.75) is 32.7 Å². The molecule has 0 radical (unpaired) electrons. The summed E-state index contributed by atoms with van der Waals surface area (Å²) < 4.78 is 1.76. The Labute approximate surface area is 95.5 Å². The molecule has 0 saturated carbocycles. The molecule has 2 N–H and O–H groups in total. The van der Waals surface area contributed by atoms with Crippen LogP contribution in [0.1, 0.15) is 37.6 Å². The van der Waals surface area contributed by atoms with Crippen LogP contribution in [0.15, 0.2) is 12.4 Å². The second-order valence-electron chi connectivity index (χ2n) is 4.68. The normalized spacial score (nSPS) is 11.5. The molecule has 5 heteroatoms. The number of rotatable bonds is 4. The molecule has 1 aromatic heterocycles. The molecule has 0 aliphatic rings. The van der Waals surface area contributed by atoms with Gasteiger partial charge in [-0.2, -0.15) is 5.10 Å². The Bertz CT molecular complexity index is 352. The predicted molar refractivity (Wildman–Crippen MR) is 61.3 cm³/mol. The number of aromatic nitrogens is 2. The van der Waals surface area contributed by atoms with E-state index < -0.39 is 0 Å². The highest BCUT2D eigenvalue weighted by Crippen LogP contribution is 2.12. The van der Waals surface area contributed by atoms with Gasteiger partial charge in [-0.25, -0.2) is 0 Å². The maximum absolute atomic E-state index is 11.6.